The number of benzene rings is 4. The topological polar surface area (TPSA) is 34.1 Å². The molecule has 0 aromatic heterocycles. The summed E-state index contributed by atoms with van der Waals surface area (Å²) in [6, 6.07) is 38.5. The molecule has 0 fully saturated rings. The van der Waals surface area contributed by atoms with Gasteiger partial charge in [-0.05, 0) is 25.2 Å². The quantitative estimate of drug-likeness (QED) is 0.216. The molecule has 0 amide bonds. The van der Waals surface area contributed by atoms with Crippen LogP contribution in [0.3, 0.4) is 0 Å². The van der Waals surface area contributed by atoms with E-state index in [1.165, 1.54) is 10.6 Å². The molecule has 156 valence electrons. The van der Waals surface area contributed by atoms with Gasteiger partial charge in [-0.3, -0.25) is 9.59 Å². The van der Waals surface area contributed by atoms with Gasteiger partial charge in [0.05, 0.1) is 0 Å². The summed E-state index contributed by atoms with van der Waals surface area (Å²) in [5.41, 5.74) is 0.854. The number of Topliss-reactive ketones (excluding diaryl/α,β-unsaturated/α-hetero) is 2. The van der Waals surface area contributed by atoms with E-state index in [0.717, 1.165) is 0 Å². The van der Waals surface area contributed by atoms with Gasteiger partial charge in [-0.15, -0.1) is 12.4 Å². The Kier molecular flexibility index (Phi) is 9.84. The Bertz CT molecular complexity index is 980. The Morgan fingerprint density at radius 1 is 0.484 bits per heavy atom. The van der Waals surface area contributed by atoms with Crippen LogP contribution in [0.2, 0.25) is 0 Å². The van der Waals surface area contributed by atoms with E-state index in [0.29, 0.717) is 11.1 Å². The summed E-state index contributed by atoms with van der Waals surface area (Å²) < 4.78 is 0. The molecule has 4 rings (SSSR count). The van der Waals surface area contributed by atoms with E-state index in [-0.39, 0.29) is 20.3 Å². The van der Waals surface area contributed by atoms with E-state index in [4.69, 9.17) is 0 Å². The summed E-state index contributed by atoms with van der Waals surface area (Å²) in [7, 11) is -0.171. The van der Waals surface area contributed by atoms with Crippen molar-refractivity contribution in [1.82, 2.24) is 0 Å². The van der Waals surface area contributed by atoms with Gasteiger partial charge in [0.25, 0.3) is 0 Å². The maximum Gasteiger partial charge on any atom is 0.233 e. The van der Waals surface area contributed by atoms with E-state index in [2.05, 4.69) is 67.3 Å². The molecule has 4 heteroatoms. The molecule has 0 saturated heterocycles. The Labute approximate surface area is 191 Å². The van der Waals surface area contributed by atoms with Crippen molar-refractivity contribution in [2.24, 2.45) is 0 Å². The molecule has 0 radical (unpaired) electrons. The normalized spacial score (nSPS) is 9.74. The monoisotopic (exact) mass is 446 g/mol. The zero-order valence-corrected chi connectivity index (χ0v) is 18.9. The van der Waals surface area contributed by atoms with E-state index < -0.39 is 11.6 Å². The van der Waals surface area contributed by atoms with Crippen LogP contribution in [-0.4, -0.2) is 18.2 Å². The van der Waals surface area contributed by atoms with Crippen LogP contribution in [0, 0.1) is 0 Å². The van der Waals surface area contributed by atoms with Crippen LogP contribution in [0.25, 0.3) is 0 Å². The van der Waals surface area contributed by atoms with Crippen molar-refractivity contribution in [3.8, 4) is 0 Å². The van der Waals surface area contributed by atoms with Crippen molar-refractivity contribution in [2.75, 3.05) is 6.66 Å². The van der Waals surface area contributed by atoms with Crippen molar-refractivity contribution in [2.45, 2.75) is 0 Å². The van der Waals surface area contributed by atoms with Crippen molar-refractivity contribution >= 4 is 42.5 Å². The third-order valence-corrected chi connectivity index (χ3v) is 6.71. The molecule has 0 N–H and O–H groups in total. The van der Waals surface area contributed by atoms with Gasteiger partial charge in [-0.2, -0.15) is 0 Å². The van der Waals surface area contributed by atoms with Crippen molar-refractivity contribution in [1.29, 1.82) is 0 Å². The second-order valence-corrected chi connectivity index (χ2v) is 8.77. The number of ketones is 2. The van der Waals surface area contributed by atoms with Crippen LogP contribution < -0.4 is 10.6 Å². The van der Waals surface area contributed by atoms with Crippen LogP contribution >= 0.6 is 20.3 Å². The lowest BCUT2D eigenvalue weighted by Crippen LogP contribution is -2.14. The Hall–Kier alpha value is -3.06. The maximum absolute atomic E-state index is 11.8. The average Bonchev–Trinajstić information content (AvgIpc) is 2.85. The first-order chi connectivity index (χ1) is 14.7. The lowest BCUT2D eigenvalue weighted by molar-refractivity contribution is 0.0817. The third kappa shape index (κ3) is 7.00. The molecule has 0 spiro atoms. The highest BCUT2D eigenvalue weighted by Gasteiger charge is 2.17. The molecule has 0 aliphatic heterocycles. The molecule has 4 aromatic carbocycles. The first-order valence-electron chi connectivity index (χ1n) is 9.70. The fourth-order valence-corrected chi connectivity index (χ4v) is 4.43. The van der Waals surface area contributed by atoms with E-state index in [1.54, 1.807) is 48.5 Å². The number of carbonyl (C=O) groups excluding carboxylic acids is 2. The molecule has 0 aliphatic rings. The fraction of sp³-hybridized carbons (Fsp3) is 0.0370. The molecule has 0 saturated carbocycles. The van der Waals surface area contributed by atoms with Crippen LogP contribution in [0.1, 0.15) is 20.7 Å². The summed E-state index contributed by atoms with van der Waals surface area (Å²) in [4.78, 5) is 23.6. The zero-order chi connectivity index (χ0) is 21.2. The molecule has 0 atom stereocenters. The Morgan fingerprint density at radius 3 is 1.03 bits per heavy atom. The van der Waals surface area contributed by atoms with Crippen LogP contribution in [0.5, 0.6) is 0 Å². The van der Waals surface area contributed by atoms with Crippen LogP contribution in [0.4, 0.5) is 0 Å². The highest BCUT2D eigenvalue weighted by Crippen LogP contribution is 2.27. The lowest BCUT2D eigenvalue weighted by Gasteiger charge is -2.12. The number of halogens is 1. The molecule has 4 aromatic rings. The van der Waals surface area contributed by atoms with Crippen LogP contribution in [0.15, 0.2) is 121 Å². The molecule has 0 aliphatic carbocycles. The minimum Gasteiger partial charge on any atom is -0.285 e. The standard InChI is InChI=1S/C14H10O2.C13H13P.ClH/c15-13(11-7-3-1-4-8-11)14(16)12-9-5-2-6-10-12;1-14(12-8-4-2-5-9-12)13-10-6-3-7-11-13;/h1-10H;2-11H,1H3;1H. The molecular formula is C27H24ClO2P. The maximum atomic E-state index is 11.8. The molecule has 0 unspecified atom stereocenters. The second-order valence-electron chi connectivity index (χ2n) is 6.62. The summed E-state index contributed by atoms with van der Waals surface area (Å²) >= 11 is 0. The predicted octanol–water partition coefficient (Wildman–Crippen LogP) is 5.92. The second kappa shape index (κ2) is 12.6. The average molecular weight is 447 g/mol. The SMILES string of the molecule is CP(c1ccccc1)c1ccccc1.Cl.O=C(C(=O)c1ccccc1)c1ccccc1. The van der Waals surface area contributed by atoms with Gasteiger partial charge < -0.3 is 0 Å². The van der Waals surface area contributed by atoms with Crippen molar-refractivity contribution in [3.63, 3.8) is 0 Å². The molecular weight excluding hydrogens is 423 g/mol. The van der Waals surface area contributed by atoms with E-state index >= 15 is 0 Å². The summed E-state index contributed by atoms with van der Waals surface area (Å²) in [6.07, 6.45) is 0. The third-order valence-electron chi connectivity index (χ3n) is 4.57. The Balaban J connectivity index is 0.000000215. The predicted molar refractivity (Wildman–Crippen MR) is 134 cm³/mol. The smallest absolute Gasteiger partial charge is 0.233 e. The first kappa shape index (κ1) is 24.2. The summed E-state index contributed by atoms with van der Waals surface area (Å²) in [6.45, 7) is 2.31. The van der Waals surface area contributed by atoms with Crippen molar-refractivity contribution in [3.05, 3.63) is 132 Å². The minimum absolute atomic E-state index is 0. The first-order valence-corrected chi connectivity index (χ1v) is 11.5. The van der Waals surface area contributed by atoms with Gasteiger partial charge in [-0.1, -0.05) is 121 Å². The highest BCUT2D eigenvalue weighted by atomic mass is 35.5. The number of hydrogen-bond donors (Lipinski definition) is 0. The number of hydrogen-bond acceptors (Lipinski definition) is 2. The van der Waals surface area contributed by atoms with E-state index in [1.807, 2.05) is 12.1 Å². The molecule has 2 nitrogen and oxygen atoms in total. The van der Waals surface area contributed by atoms with Gasteiger partial charge in [0, 0.05) is 11.1 Å². The largest absolute Gasteiger partial charge is 0.285 e. The molecule has 0 heterocycles. The van der Waals surface area contributed by atoms with Gasteiger partial charge in [0.1, 0.15) is 0 Å². The minimum atomic E-state index is -0.466. The summed E-state index contributed by atoms with van der Waals surface area (Å²) in [5, 5.41) is 2.88. The zero-order valence-electron chi connectivity index (χ0n) is 17.2. The van der Waals surface area contributed by atoms with E-state index in [9.17, 15) is 9.59 Å². The van der Waals surface area contributed by atoms with Gasteiger partial charge in [0.15, 0.2) is 0 Å². The van der Waals surface area contributed by atoms with Gasteiger partial charge >= 0.3 is 0 Å². The lowest BCUT2D eigenvalue weighted by atomic mass is 10.0. The van der Waals surface area contributed by atoms with Crippen molar-refractivity contribution < 1.29 is 9.59 Å². The number of carbonyl (C=O) groups is 2. The van der Waals surface area contributed by atoms with Crippen LogP contribution in [-0.2, 0) is 0 Å². The number of rotatable bonds is 5. The van der Waals surface area contributed by atoms with Gasteiger partial charge in [0.2, 0.25) is 11.6 Å². The molecule has 31 heavy (non-hydrogen) atoms. The molecule has 0 bridgehead atoms. The van der Waals surface area contributed by atoms with Gasteiger partial charge in [-0.25, -0.2) is 0 Å². The summed E-state index contributed by atoms with van der Waals surface area (Å²) in [5.74, 6) is -0.932. The Morgan fingerprint density at radius 2 is 0.742 bits per heavy atom. The highest BCUT2D eigenvalue weighted by molar-refractivity contribution is 7.72. The fourth-order valence-electron chi connectivity index (χ4n) is 2.89.